The van der Waals surface area contributed by atoms with E-state index in [4.69, 9.17) is 9.47 Å². The lowest BCUT2D eigenvalue weighted by Gasteiger charge is -2.17. The van der Waals surface area contributed by atoms with E-state index in [1.165, 1.54) is 26.5 Å². The molecule has 2 atom stereocenters. The number of rotatable bonds is 8. The van der Waals surface area contributed by atoms with Crippen LogP contribution >= 0.6 is 0 Å². The Morgan fingerprint density at radius 3 is 2.82 bits per heavy atom. The summed E-state index contributed by atoms with van der Waals surface area (Å²) in [4.78, 5) is 14.0. The van der Waals surface area contributed by atoms with Gasteiger partial charge in [0.05, 0.1) is 6.61 Å². The van der Waals surface area contributed by atoms with Gasteiger partial charge < -0.3 is 14.8 Å². The first-order chi connectivity index (χ1) is 10.8. The zero-order valence-electron chi connectivity index (χ0n) is 13.1. The number of hydrogen-bond donors (Lipinski definition) is 1. The zero-order chi connectivity index (χ0) is 15.4. The highest BCUT2D eigenvalue weighted by Crippen LogP contribution is 2.44. The van der Waals surface area contributed by atoms with Crippen molar-refractivity contribution in [3.05, 3.63) is 24.3 Å². The number of nitrogens with one attached hydrogen (secondary N) is 1. The van der Waals surface area contributed by atoms with Gasteiger partial charge in [-0.05, 0) is 56.0 Å². The number of benzene rings is 1. The molecule has 0 bridgehead atoms. The topological polar surface area (TPSA) is 50.8 Å². The van der Waals surface area contributed by atoms with Crippen molar-refractivity contribution in [2.24, 2.45) is 5.92 Å². The van der Waals surface area contributed by atoms with Gasteiger partial charge in [-0.2, -0.15) is 0 Å². The molecule has 0 unspecified atom stereocenters. The van der Waals surface area contributed by atoms with Gasteiger partial charge in [-0.1, -0.05) is 0 Å². The molecule has 1 amide bonds. The summed E-state index contributed by atoms with van der Waals surface area (Å²) in [5.74, 6) is 1.69. The minimum atomic E-state index is -0.153. The highest BCUT2D eigenvalue weighted by Gasteiger charge is 2.46. The molecule has 120 valence electrons. The second-order valence-corrected chi connectivity index (χ2v) is 6.10. The third-order valence-electron chi connectivity index (χ3n) is 4.41. The van der Waals surface area contributed by atoms with Crippen LogP contribution in [-0.2, 0) is 9.53 Å². The molecule has 0 radical (unpaired) electrons. The fourth-order valence-corrected chi connectivity index (χ4v) is 3.18. The molecule has 2 aliphatic rings. The molecule has 1 saturated heterocycles. The van der Waals surface area contributed by atoms with Crippen LogP contribution in [0.15, 0.2) is 24.3 Å². The van der Waals surface area contributed by atoms with Gasteiger partial charge >= 0.3 is 0 Å². The number of ether oxygens (including phenoxy) is 2. The third kappa shape index (κ3) is 3.99. The molecule has 2 fully saturated rings. The smallest absolute Gasteiger partial charge is 0.250 e. The van der Waals surface area contributed by atoms with Crippen LogP contribution in [0.3, 0.4) is 0 Å². The van der Waals surface area contributed by atoms with Crippen molar-refractivity contribution < 1.29 is 14.3 Å². The molecule has 1 heterocycles. The number of fused-ring (bicyclic) bond motifs is 1. The molecule has 22 heavy (non-hydrogen) atoms. The van der Waals surface area contributed by atoms with Crippen LogP contribution in [0.1, 0.15) is 19.3 Å². The normalized spacial score (nSPS) is 23.1. The Morgan fingerprint density at radius 1 is 1.36 bits per heavy atom. The molecule has 1 aliphatic carbocycles. The Kier molecular flexibility index (Phi) is 4.95. The highest BCUT2D eigenvalue weighted by atomic mass is 16.5. The van der Waals surface area contributed by atoms with Crippen molar-refractivity contribution in [3.63, 3.8) is 0 Å². The number of carbonyl (C=O) groups is 1. The van der Waals surface area contributed by atoms with E-state index in [9.17, 15) is 4.79 Å². The molecule has 0 aromatic heterocycles. The summed E-state index contributed by atoms with van der Waals surface area (Å²) in [6.45, 7) is 3.22. The second-order valence-electron chi connectivity index (χ2n) is 6.10. The van der Waals surface area contributed by atoms with Gasteiger partial charge in [0, 0.05) is 25.4 Å². The Morgan fingerprint density at radius 2 is 2.18 bits per heavy atom. The van der Waals surface area contributed by atoms with Gasteiger partial charge in [0.25, 0.3) is 0 Å². The largest absolute Gasteiger partial charge is 0.494 e. The lowest BCUT2D eigenvalue weighted by molar-refractivity contribution is -0.119. The van der Waals surface area contributed by atoms with E-state index < -0.39 is 0 Å². The number of methoxy groups -OCH3 is 1. The SMILES string of the molecule is COCC(=O)Nc1ccc(OCCCN2CC[C@@H]3C[C@@H]32)cc1. The maximum Gasteiger partial charge on any atom is 0.250 e. The van der Waals surface area contributed by atoms with E-state index in [-0.39, 0.29) is 12.5 Å². The molecule has 1 saturated carbocycles. The van der Waals surface area contributed by atoms with Gasteiger partial charge in [-0.15, -0.1) is 0 Å². The summed E-state index contributed by atoms with van der Waals surface area (Å²) in [5, 5.41) is 2.76. The van der Waals surface area contributed by atoms with Crippen LogP contribution in [0.25, 0.3) is 0 Å². The number of carbonyl (C=O) groups excluding carboxylic acids is 1. The minimum absolute atomic E-state index is 0.0661. The van der Waals surface area contributed by atoms with Crippen molar-refractivity contribution in [1.29, 1.82) is 0 Å². The predicted octanol–water partition coefficient (Wildman–Crippen LogP) is 2.13. The fourth-order valence-electron chi connectivity index (χ4n) is 3.18. The van der Waals surface area contributed by atoms with Crippen molar-refractivity contribution in [2.45, 2.75) is 25.3 Å². The van der Waals surface area contributed by atoms with E-state index in [2.05, 4.69) is 10.2 Å². The van der Waals surface area contributed by atoms with Crippen LogP contribution < -0.4 is 10.1 Å². The lowest BCUT2D eigenvalue weighted by Crippen LogP contribution is -2.25. The van der Waals surface area contributed by atoms with Crippen LogP contribution in [0.2, 0.25) is 0 Å². The van der Waals surface area contributed by atoms with E-state index in [1.54, 1.807) is 0 Å². The Balaban J connectivity index is 1.34. The Bertz CT molecular complexity index is 503. The number of piperidine rings is 1. The van der Waals surface area contributed by atoms with Crippen molar-refractivity contribution in [3.8, 4) is 5.75 Å². The Hall–Kier alpha value is -1.59. The van der Waals surface area contributed by atoms with Gasteiger partial charge in [0.1, 0.15) is 12.4 Å². The number of nitrogens with zero attached hydrogens (tertiary/aromatic N) is 1. The van der Waals surface area contributed by atoms with Crippen LogP contribution in [0.5, 0.6) is 5.75 Å². The van der Waals surface area contributed by atoms with Crippen LogP contribution in [-0.4, -0.2) is 50.3 Å². The van der Waals surface area contributed by atoms with E-state index in [0.717, 1.165) is 43.0 Å². The van der Waals surface area contributed by atoms with Gasteiger partial charge in [-0.25, -0.2) is 0 Å². The summed E-state index contributed by atoms with van der Waals surface area (Å²) >= 11 is 0. The van der Waals surface area contributed by atoms with E-state index in [1.807, 2.05) is 24.3 Å². The fraction of sp³-hybridized carbons (Fsp3) is 0.588. The van der Waals surface area contributed by atoms with E-state index in [0.29, 0.717) is 0 Å². The second kappa shape index (κ2) is 7.11. The van der Waals surface area contributed by atoms with Gasteiger partial charge in [0.2, 0.25) is 5.91 Å². The molecule has 1 aromatic carbocycles. The average molecular weight is 304 g/mol. The Labute approximate surface area is 131 Å². The maximum absolute atomic E-state index is 11.4. The third-order valence-corrected chi connectivity index (χ3v) is 4.41. The lowest BCUT2D eigenvalue weighted by atomic mass is 10.3. The van der Waals surface area contributed by atoms with Gasteiger partial charge in [-0.3, -0.25) is 9.69 Å². The first-order valence-electron chi connectivity index (χ1n) is 8.02. The summed E-state index contributed by atoms with van der Waals surface area (Å²) in [6, 6.07) is 8.34. The number of hydrogen-bond acceptors (Lipinski definition) is 4. The molecule has 1 aliphatic heterocycles. The molecule has 5 heteroatoms. The molecule has 5 nitrogen and oxygen atoms in total. The molecular weight excluding hydrogens is 280 g/mol. The van der Waals surface area contributed by atoms with Crippen LogP contribution in [0.4, 0.5) is 5.69 Å². The quantitative estimate of drug-likeness (QED) is 0.748. The number of amides is 1. The molecule has 1 aromatic rings. The van der Waals surface area contributed by atoms with Crippen molar-refractivity contribution >= 4 is 11.6 Å². The van der Waals surface area contributed by atoms with Crippen molar-refractivity contribution in [1.82, 2.24) is 4.90 Å². The van der Waals surface area contributed by atoms with E-state index >= 15 is 0 Å². The summed E-state index contributed by atoms with van der Waals surface area (Å²) in [5.41, 5.74) is 0.756. The molecule has 3 rings (SSSR count). The monoisotopic (exact) mass is 304 g/mol. The summed E-state index contributed by atoms with van der Waals surface area (Å²) in [7, 11) is 1.50. The molecular formula is C17H24N2O3. The molecule has 0 spiro atoms. The van der Waals surface area contributed by atoms with Crippen molar-refractivity contribution in [2.75, 3.05) is 38.7 Å². The average Bonchev–Trinajstić information content (AvgIpc) is 3.19. The summed E-state index contributed by atoms with van der Waals surface area (Å²) < 4.78 is 10.5. The number of anilines is 1. The predicted molar refractivity (Wildman–Crippen MR) is 85.1 cm³/mol. The van der Waals surface area contributed by atoms with Crippen LogP contribution in [0, 0.1) is 5.92 Å². The first kappa shape index (κ1) is 15.3. The minimum Gasteiger partial charge on any atom is -0.494 e. The molecule has 1 N–H and O–H groups in total. The standard InChI is InChI=1S/C17H24N2O3/c1-21-12-17(20)18-14-3-5-15(6-4-14)22-10-2-8-19-9-7-13-11-16(13)19/h3-6,13,16H,2,7-12H2,1H3,(H,18,20)/t13-,16+/m1/s1. The maximum atomic E-state index is 11.4. The first-order valence-corrected chi connectivity index (χ1v) is 8.02. The van der Waals surface area contributed by atoms with Gasteiger partial charge in [0.15, 0.2) is 0 Å². The summed E-state index contributed by atoms with van der Waals surface area (Å²) in [6.07, 6.45) is 3.87. The highest BCUT2D eigenvalue weighted by molar-refractivity contribution is 5.91. The zero-order valence-corrected chi connectivity index (χ0v) is 13.1. The number of likely N-dealkylation sites (tertiary alicyclic amines) is 1.